The second kappa shape index (κ2) is 14.7. The Balaban J connectivity index is 1.53. The van der Waals surface area contributed by atoms with Crippen molar-refractivity contribution in [1.29, 1.82) is 0 Å². The Morgan fingerprint density at radius 1 is 1.00 bits per heavy atom. The number of carbonyl (C=O) groups excluding carboxylic acids is 2. The maximum absolute atomic E-state index is 13.9. The Labute approximate surface area is 284 Å². The zero-order chi connectivity index (χ0) is 35.4. The van der Waals surface area contributed by atoms with Crippen LogP contribution in [0.3, 0.4) is 0 Å². The number of aryl methyl sites for hydroxylation is 1. The van der Waals surface area contributed by atoms with E-state index < -0.39 is 35.4 Å². The van der Waals surface area contributed by atoms with Crippen LogP contribution in [0.1, 0.15) is 49.9 Å². The van der Waals surface area contributed by atoms with Gasteiger partial charge in [0.05, 0.1) is 33.1 Å². The zero-order valence-corrected chi connectivity index (χ0v) is 28.4. The van der Waals surface area contributed by atoms with Crippen molar-refractivity contribution in [2.24, 2.45) is 5.92 Å². The quantitative estimate of drug-likeness (QED) is 0.145. The number of ether oxygens (including phenoxy) is 3. The first-order valence-corrected chi connectivity index (χ1v) is 16.1. The number of carbonyl (C=O) groups is 3. The van der Waals surface area contributed by atoms with Crippen molar-refractivity contribution >= 4 is 34.4 Å². The number of fused-ring (bicyclic) bond motifs is 4. The number of carboxylic acid groups (broad SMARTS) is 1. The van der Waals surface area contributed by atoms with Gasteiger partial charge in [0, 0.05) is 36.0 Å². The third-order valence-corrected chi connectivity index (χ3v) is 8.89. The van der Waals surface area contributed by atoms with Crippen LogP contribution in [0.4, 0.5) is 5.69 Å². The Morgan fingerprint density at radius 2 is 1.73 bits per heavy atom. The lowest BCUT2D eigenvalue weighted by Crippen LogP contribution is -2.50. The van der Waals surface area contributed by atoms with Gasteiger partial charge in [0.2, 0.25) is 23.0 Å². The first kappa shape index (κ1) is 34.8. The number of rotatable bonds is 12. The lowest BCUT2D eigenvalue weighted by molar-refractivity contribution is -0.142. The van der Waals surface area contributed by atoms with E-state index in [0.29, 0.717) is 46.8 Å². The van der Waals surface area contributed by atoms with E-state index in [-0.39, 0.29) is 23.9 Å². The number of methoxy groups -OCH3 is 3. The predicted molar refractivity (Wildman–Crippen MR) is 187 cm³/mol. The summed E-state index contributed by atoms with van der Waals surface area (Å²) in [6.07, 6.45) is 2.85. The van der Waals surface area contributed by atoms with E-state index in [9.17, 15) is 24.3 Å². The molecule has 0 saturated heterocycles. The van der Waals surface area contributed by atoms with Gasteiger partial charge in [-0.2, -0.15) is 0 Å². The smallest absolute Gasteiger partial charge is 0.326 e. The summed E-state index contributed by atoms with van der Waals surface area (Å²) in [6.45, 7) is 5.04. The second-order valence-electron chi connectivity index (χ2n) is 12.4. The van der Waals surface area contributed by atoms with Crippen molar-refractivity contribution in [3.63, 3.8) is 0 Å². The van der Waals surface area contributed by atoms with Crippen molar-refractivity contribution in [3.05, 3.63) is 81.6 Å². The molecule has 1 aliphatic carbocycles. The summed E-state index contributed by atoms with van der Waals surface area (Å²) >= 11 is 0. The van der Waals surface area contributed by atoms with Gasteiger partial charge in [-0.3, -0.25) is 14.4 Å². The maximum atomic E-state index is 13.9. The van der Waals surface area contributed by atoms with Gasteiger partial charge in [0.25, 0.3) is 0 Å². The number of hydrogen-bond donors (Lipinski definition) is 5. The molecule has 12 heteroatoms. The Hall–Kier alpha value is -5.52. The molecule has 5 N–H and O–H groups in total. The highest BCUT2D eigenvalue weighted by molar-refractivity contribution is 5.90. The van der Waals surface area contributed by atoms with Gasteiger partial charge < -0.3 is 40.3 Å². The fraction of sp³-hybridized carbons (Fsp3) is 0.351. The summed E-state index contributed by atoms with van der Waals surface area (Å²) in [5.41, 5.74) is 4.15. The summed E-state index contributed by atoms with van der Waals surface area (Å²) in [7, 11) is 4.58. The summed E-state index contributed by atoms with van der Waals surface area (Å²) < 4.78 is 17.1. The van der Waals surface area contributed by atoms with E-state index in [0.717, 1.165) is 22.0 Å². The number of anilines is 1. The lowest BCUT2D eigenvalue weighted by Gasteiger charge is -2.24. The maximum Gasteiger partial charge on any atom is 0.326 e. The average molecular weight is 671 g/mol. The number of hydrogen-bond acceptors (Lipinski definition) is 8. The predicted octanol–water partition coefficient (Wildman–Crippen LogP) is 4.59. The molecule has 0 aliphatic heterocycles. The first-order chi connectivity index (χ1) is 23.5. The highest BCUT2D eigenvalue weighted by Crippen LogP contribution is 2.50. The van der Waals surface area contributed by atoms with E-state index in [1.54, 1.807) is 18.3 Å². The minimum Gasteiger partial charge on any atom is -0.493 e. The van der Waals surface area contributed by atoms with Crippen LogP contribution in [0, 0.1) is 5.92 Å². The van der Waals surface area contributed by atoms with Crippen molar-refractivity contribution in [2.45, 2.75) is 58.2 Å². The summed E-state index contributed by atoms with van der Waals surface area (Å²) in [4.78, 5) is 55.3. The molecule has 49 heavy (non-hydrogen) atoms. The minimum atomic E-state index is -1.21. The van der Waals surface area contributed by atoms with Gasteiger partial charge in [-0.05, 0) is 65.3 Å². The SMILES string of the molecule is COc1cc2c(c(OC)c1OC)-c1ccc(NC(C(=O)NC(Cc3c[nH]c4ccccc34)C(=O)O)C(C)C)c(=O)cc1C(NC(C)=O)CC2. The van der Waals surface area contributed by atoms with Crippen molar-refractivity contribution in [3.8, 4) is 28.4 Å². The number of amides is 2. The van der Waals surface area contributed by atoms with Crippen LogP contribution in [-0.4, -0.2) is 61.3 Å². The molecule has 1 heterocycles. The third-order valence-electron chi connectivity index (χ3n) is 8.89. The molecule has 0 saturated carbocycles. The van der Waals surface area contributed by atoms with E-state index in [1.807, 2.05) is 44.2 Å². The van der Waals surface area contributed by atoms with Gasteiger partial charge in [-0.1, -0.05) is 38.1 Å². The Kier molecular flexibility index (Phi) is 10.5. The molecule has 3 atom stereocenters. The molecule has 0 radical (unpaired) electrons. The van der Waals surface area contributed by atoms with Gasteiger partial charge in [0.15, 0.2) is 11.5 Å². The van der Waals surface area contributed by atoms with Gasteiger partial charge >= 0.3 is 5.97 Å². The van der Waals surface area contributed by atoms with Crippen LogP contribution in [-0.2, 0) is 27.2 Å². The van der Waals surface area contributed by atoms with E-state index in [1.165, 1.54) is 34.3 Å². The summed E-state index contributed by atoms with van der Waals surface area (Å²) in [5, 5.41) is 19.7. The molecule has 3 unspecified atom stereocenters. The topological polar surface area (TPSA) is 168 Å². The molecule has 4 aromatic rings. The fourth-order valence-electron chi connectivity index (χ4n) is 6.51. The Bertz CT molecular complexity index is 1950. The van der Waals surface area contributed by atoms with E-state index in [4.69, 9.17) is 14.2 Å². The van der Waals surface area contributed by atoms with Crippen molar-refractivity contribution < 1.29 is 33.7 Å². The molecule has 0 spiro atoms. The Morgan fingerprint density at radius 3 is 2.39 bits per heavy atom. The fourth-order valence-corrected chi connectivity index (χ4v) is 6.51. The van der Waals surface area contributed by atoms with E-state index >= 15 is 0 Å². The number of nitrogens with one attached hydrogen (secondary N) is 4. The zero-order valence-electron chi connectivity index (χ0n) is 28.4. The molecule has 3 aromatic carbocycles. The lowest BCUT2D eigenvalue weighted by atomic mass is 9.95. The number of carboxylic acids is 1. The van der Waals surface area contributed by atoms with Crippen LogP contribution in [0.2, 0.25) is 0 Å². The molecule has 1 aliphatic rings. The normalized spacial score (nSPS) is 14.9. The van der Waals surface area contributed by atoms with Gasteiger partial charge in [-0.25, -0.2) is 4.79 Å². The second-order valence-corrected chi connectivity index (χ2v) is 12.4. The standard InChI is InChI=1S/C37H42N4O8/c1-19(2)33(36(44)41-29(37(45)46)15-22-18-38-26-10-8-7-9-23(22)26)40-28-14-12-24-25(17-30(28)43)27(39-20(3)42)13-11-21-16-31(47-4)34(48-5)35(49-6)32(21)24/h7-10,12,14,16-19,27,29,33,38H,11,13,15H2,1-6H3,(H,39,42)(H,40,43)(H,41,44)(H,45,46). The molecule has 2 amide bonds. The number of aromatic amines is 1. The van der Waals surface area contributed by atoms with Crippen LogP contribution < -0.4 is 35.6 Å². The van der Waals surface area contributed by atoms with Gasteiger partial charge in [0.1, 0.15) is 12.1 Å². The molecule has 258 valence electrons. The average Bonchev–Trinajstić information content (AvgIpc) is 3.33. The molecule has 0 bridgehead atoms. The molecule has 12 nitrogen and oxygen atoms in total. The summed E-state index contributed by atoms with van der Waals surface area (Å²) in [6, 6.07) is 11.6. The number of benzene rings is 2. The van der Waals surface area contributed by atoms with Crippen LogP contribution in [0.15, 0.2) is 59.5 Å². The number of aromatic nitrogens is 1. The van der Waals surface area contributed by atoms with Crippen LogP contribution >= 0.6 is 0 Å². The largest absolute Gasteiger partial charge is 0.493 e. The number of para-hydroxylation sites is 1. The van der Waals surface area contributed by atoms with Gasteiger partial charge in [-0.15, -0.1) is 0 Å². The third kappa shape index (κ3) is 7.18. The highest BCUT2D eigenvalue weighted by atomic mass is 16.5. The molecular weight excluding hydrogens is 628 g/mol. The first-order valence-electron chi connectivity index (χ1n) is 16.1. The number of H-pyrrole nitrogens is 1. The number of aliphatic carboxylic acids is 1. The van der Waals surface area contributed by atoms with Crippen LogP contribution in [0.25, 0.3) is 22.0 Å². The molecule has 1 aromatic heterocycles. The van der Waals surface area contributed by atoms with Crippen molar-refractivity contribution in [2.75, 3.05) is 26.6 Å². The van der Waals surface area contributed by atoms with Crippen LogP contribution in [0.5, 0.6) is 17.2 Å². The molecule has 5 rings (SSSR count). The van der Waals surface area contributed by atoms with Crippen molar-refractivity contribution in [1.82, 2.24) is 15.6 Å². The van der Waals surface area contributed by atoms with E-state index in [2.05, 4.69) is 20.9 Å². The minimum absolute atomic E-state index is 0.0652. The molecule has 0 fully saturated rings. The highest BCUT2D eigenvalue weighted by Gasteiger charge is 2.31. The molecular formula is C37H42N4O8. The monoisotopic (exact) mass is 670 g/mol. The summed E-state index contributed by atoms with van der Waals surface area (Å²) in [5.74, 6) is -1.02.